The zero-order valence-corrected chi connectivity index (χ0v) is 20.6. The lowest BCUT2D eigenvalue weighted by atomic mass is 10.1. The fourth-order valence-electron chi connectivity index (χ4n) is 3.97. The van der Waals surface area contributed by atoms with Crippen LogP contribution in [0.5, 0.6) is 5.75 Å². The third-order valence-corrected chi connectivity index (χ3v) is 7.07. The van der Waals surface area contributed by atoms with Crippen LogP contribution in [0.15, 0.2) is 58.1 Å². The van der Waals surface area contributed by atoms with Crippen LogP contribution in [0.2, 0.25) is 5.02 Å². The Morgan fingerprint density at radius 3 is 2.75 bits per heavy atom. The molecule has 1 saturated heterocycles. The molecule has 3 aliphatic heterocycles. The largest absolute Gasteiger partial charge is 0.487 e. The first kappa shape index (κ1) is 24.2. The van der Waals surface area contributed by atoms with E-state index in [0.29, 0.717) is 21.9 Å². The van der Waals surface area contributed by atoms with Gasteiger partial charge in [0.15, 0.2) is 5.84 Å². The number of hydrazone groups is 1. The summed E-state index contributed by atoms with van der Waals surface area (Å²) in [5.74, 6) is -0.718. The number of nitrogens with one attached hydrogen (secondary N) is 1. The van der Waals surface area contributed by atoms with Crippen LogP contribution in [0.1, 0.15) is 30.4 Å². The van der Waals surface area contributed by atoms with Crippen LogP contribution in [0.3, 0.4) is 0 Å². The number of thioether (sulfide) groups is 1. The summed E-state index contributed by atoms with van der Waals surface area (Å²) >= 11 is 7.48. The Morgan fingerprint density at radius 1 is 1.22 bits per heavy atom. The van der Waals surface area contributed by atoms with Crippen LogP contribution in [-0.4, -0.2) is 50.9 Å². The van der Waals surface area contributed by atoms with Gasteiger partial charge in [-0.1, -0.05) is 35.9 Å². The maximum Gasteiger partial charge on any atom is 0.283 e. The van der Waals surface area contributed by atoms with Crippen molar-refractivity contribution in [3.63, 3.8) is 0 Å². The molecular weight excluding hydrogens is 505 g/mol. The Kier molecular flexibility index (Phi) is 6.88. The van der Waals surface area contributed by atoms with E-state index >= 15 is 0 Å². The van der Waals surface area contributed by atoms with Gasteiger partial charge in [-0.05, 0) is 54.4 Å². The van der Waals surface area contributed by atoms with Crippen molar-refractivity contribution >= 4 is 57.3 Å². The Balaban J connectivity index is 1.29. The van der Waals surface area contributed by atoms with E-state index < -0.39 is 5.91 Å². The SMILES string of the molecule is N=C1C(=Cc2ccc(OCc3ccccc3F)c(Cl)c2)C(=O)N=C2SC(CC(=O)N3CCCC3)=NN12. The molecule has 1 fully saturated rings. The zero-order chi connectivity index (χ0) is 25.2. The molecule has 0 spiro atoms. The highest BCUT2D eigenvalue weighted by atomic mass is 35.5. The van der Waals surface area contributed by atoms with E-state index in [-0.39, 0.29) is 46.4 Å². The number of benzene rings is 2. The topological polar surface area (TPSA) is 98.4 Å². The van der Waals surface area contributed by atoms with Gasteiger partial charge in [-0.25, -0.2) is 4.39 Å². The summed E-state index contributed by atoms with van der Waals surface area (Å²) < 4.78 is 19.5. The van der Waals surface area contributed by atoms with Gasteiger partial charge >= 0.3 is 0 Å². The summed E-state index contributed by atoms with van der Waals surface area (Å²) in [5, 5.41) is 15.2. The van der Waals surface area contributed by atoms with Gasteiger partial charge in [-0.15, -0.1) is 0 Å². The van der Waals surface area contributed by atoms with Crippen molar-refractivity contribution in [3.05, 3.63) is 70.0 Å². The first-order valence-electron chi connectivity index (χ1n) is 11.3. The van der Waals surface area contributed by atoms with Gasteiger partial charge in [0.2, 0.25) is 11.1 Å². The molecule has 184 valence electrons. The zero-order valence-electron chi connectivity index (χ0n) is 19.0. The molecule has 0 aromatic heterocycles. The van der Waals surface area contributed by atoms with Crippen LogP contribution >= 0.6 is 23.4 Å². The first-order valence-corrected chi connectivity index (χ1v) is 12.5. The predicted octanol–water partition coefficient (Wildman–Crippen LogP) is 4.69. The molecule has 0 saturated carbocycles. The van der Waals surface area contributed by atoms with E-state index in [0.717, 1.165) is 37.7 Å². The number of ether oxygens (including phenoxy) is 1. The molecular formula is C25H21ClFN5O3S. The van der Waals surface area contributed by atoms with E-state index in [2.05, 4.69) is 10.1 Å². The average Bonchev–Trinajstić information content (AvgIpc) is 3.53. The van der Waals surface area contributed by atoms with Crippen LogP contribution in [0, 0.1) is 11.2 Å². The third kappa shape index (κ3) is 5.05. The van der Waals surface area contributed by atoms with E-state index in [4.69, 9.17) is 21.7 Å². The number of fused-ring (bicyclic) bond motifs is 1. The number of rotatable bonds is 6. The number of carbonyl (C=O) groups excluding carboxylic acids is 2. The van der Waals surface area contributed by atoms with Crippen LogP contribution in [0.4, 0.5) is 4.39 Å². The number of hydrogen-bond acceptors (Lipinski definition) is 6. The van der Waals surface area contributed by atoms with Gasteiger partial charge in [0.25, 0.3) is 5.91 Å². The summed E-state index contributed by atoms with van der Waals surface area (Å²) in [7, 11) is 0. The number of halogens is 2. The average molecular weight is 526 g/mol. The minimum Gasteiger partial charge on any atom is -0.487 e. The molecule has 36 heavy (non-hydrogen) atoms. The number of amidine groups is 2. The fourth-order valence-corrected chi connectivity index (χ4v) is 5.09. The Labute approximate surface area is 216 Å². The smallest absolute Gasteiger partial charge is 0.283 e. The van der Waals surface area contributed by atoms with E-state index in [9.17, 15) is 14.0 Å². The van der Waals surface area contributed by atoms with E-state index in [1.54, 1.807) is 41.3 Å². The maximum atomic E-state index is 13.8. The molecule has 2 amide bonds. The number of nitrogens with zero attached hydrogens (tertiary/aromatic N) is 4. The quantitative estimate of drug-likeness (QED) is 0.552. The van der Waals surface area contributed by atoms with Crippen molar-refractivity contribution in [2.24, 2.45) is 10.1 Å². The van der Waals surface area contributed by atoms with Gasteiger partial charge in [0.05, 0.1) is 17.0 Å². The second-order valence-electron chi connectivity index (χ2n) is 8.35. The molecule has 0 unspecified atom stereocenters. The molecule has 1 N–H and O–H groups in total. The minimum absolute atomic E-state index is 0.0141. The second kappa shape index (κ2) is 10.2. The van der Waals surface area contributed by atoms with Crippen molar-refractivity contribution in [2.75, 3.05) is 13.1 Å². The molecule has 2 aromatic carbocycles. The molecule has 0 aliphatic carbocycles. The van der Waals surface area contributed by atoms with Gasteiger partial charge in [-0.3, -0.25) is 15.0 Å². The molecule has 0 atom stereocenters. The summed E-state index contributed by atoms with van der Waals surface area (Å²) in [6, 6.07) is 11.2. The third-order valence-electron chi connectivity index (χ3n) is 5.87. The molecule has 0 radical (unpaired) electrons. The van der Waals surface area contributed by atoms with Crippen LogP contribution in [0.25, 0.3) is 6.08 Å². The summed E-state index contributed by atoms with van der Waals surface area (Å²) in [5.41, 5.74) is 1.01. The highest BCUT2D eigenvalue weighted by molar-refractivity contribution is 8.27. The van der Waals surface area contributed by atoms with Crippen LogP contribution < -0.4 is 4.74 Å². The highest BCUT2D eigenvalue weighted by Crippen LogP contribution is 2.31. The van der Waals surface area contributed by atoms with Gasteiger partial charge in [-0.2, -0.15) is 15.1 Å². The second-order valence-corrected chi connectivity index (χ2v) is 9.80. The number of aliphatic imine (C=N–C) groups is 1. The standard InChI is InChI=1S/C25H21ClFN5O3S/c26-18-12-15(7-8-20(18)35-14-16-5-1-2-6-19(16)27)11-17-23(28)32-25(29-24(17)34)36-21(30-32)13-22(33)31-9-3-4-10-31/h1-2,5-8,11-12,28H,3-4,9-10,13-14H2. The number of carbonyl (C=O) groups is 2. The Morgan fingerprint density at radius 2 is 2.00 bits per heavy atom. The van der Waals surface area contributed by atoms with Gasteiger partial charge in [0, 0.05) is 18.7 Å². The molecule has 2 aromatic rings. The van der Waals surface area contributed by atoms with Gasteiger partial charge in [0.1, 0.15) is 23.2 Å². The Hall–Kier alpha value is -3.50. The van der Waals surface area contributed by atoms with E-state index in [1.165, 1.54) is 17.2 Å². The van der Waals surface area contributed by atoms with Crippen molar-refractivity contribution in [2.45, 2.75) is 25.9 Å². The normalized spacial score (nSPS) is 18.4. The minimum atomic E-state index is -0.572. The lowest BCUT2D eigenvalue weighted by molar-refractivity contribution is -0.128. The lowest BCUT2D eigenvalue weighted by Gasteiger charge is -2.20. The van der Waals surface area contributed by atoms with E-state index in [1.807, 2.05) is 0 Å². The number of amides is 2. The predicted molar refractivity (Wildman–Crippen MR) is 138 cm³/mol. The summed E-state index contributed by atoms with van der Waals surface area (Å²) in [4.78, 5) is 31.0. The molecule has 3 heterocycles. The highest BCUT2D eigenvalue weighted by Gasteiger charge is 2.36. The van der Waals surface area contributed by atoms with Crippen molar-refractivity contribution in [1.29, 1.82) is 5.41 Å². The molecule has 5 rings (SSSR count). The van der Waals surface area contributed by atoms with Crippen molar-refractivity contribution in [1.82, 2.24) is 9.91 Å². The van der Waals surface area contributed by atoms with Crippen LogP contribution in [-0.2, 0) is 16.2 Å². The number of hydrogen-bond donors (Lipinski definition) is 1. The Bertz CT molecular complexity index is 1350. The monoisotopic (exact) mass is 525 g/mol. The summed E-state index contributed by atoms with van der Waals surface area (Å²) in [6.07, 6.45) is 3.62. The molecule has 0 bridgehead atoms. The molecule has 11 heteroatoms. The fraction of sp³-hybridized carbons (Fsp3) is 0.240. The van der Waals surface area contributed by atoms with Crippen molar-refractivity contribution in [3.8, 4) is 5.75 Å². The summed E-state index contributed by atoms with van der Waals surface area (Å²) in [6.45, 7) is 1.51. The lowest BCUT2D eigenvalue weighted by Crippen LogP contribution is -2.35. The maximum absolute atomic E-state index is 13.8. The van der Waals surface area contributed by atoms with Gasteiger partial charge < -0.3 is 9.64 Å². The molecule has 3 aliphatic rings. The van der Waals surface area contributed by atoms with Crippen molar-refractivity contribution < 1.29 is 18.7 Å². The number of likely N-dealkylation sites (tertiary alicyclic amines) is 1. The first-order chi connectivity index (χ1) is 17.4. The molecule has 8 nitrogen and oxygen atoms in total.